The molecule has 0 radical (unpaired) electrons. The summed E-state index contributed by atoms with van der Waals surface area (Å²) in [6, 6.07) is 6.77. The van der Waals surface area contributed by atoms with Crippen LogP contribution in [-0.4, -0.2) is 63.7 Å². The molecule has 1 aromatic rings. The molecule has 0 heterocycles. The van der Waals surface area contributed by atoms with Crippen molar-refractivity contribution < 1.29 is 19.2 Å². The monoisotopic (exact) mass is 532 g/mol. The maximum Gasteiger partial charge on any atom is 0.251 e. The van der Waals surface area contributed by atoms with Gasteiger partial charge in [0.2, 0.25) is 5.91 Å². The Bertz CT molecular complexity index is 781. The Labute approximate surface area is 230 Å². The molecule has 0 aliphatic carbocycles. The molecule has 4 N–H and O–H groups in total. The van der Waals surface area contributed by atoms with Crippen LogP contribution in [0.4, 0.5) is 0 Å². The van der Waals surface area contributed by atoms with E-state index in [2.05, 4.69) is 21.3 Å². The lowest BCUT2D eigenvalue weighted by atomic mass is 10.1. The molecule has 0 unspecified atom stereocenters. The van der Waals surface area contributed by atoms with Gasteiger partial charge in [-0.1, -0.05) is 37.8 Å². The second-order valence-corrected chi connectivity index (χ2v) is 9.68. The Hall–Kier alpha value is -2.58. The van der Waals surface area contributed by atoms with Crippen molar-refractivity contribution in [2.75, 3.05) is 40.3 Å². The van der Waals surface area contributed by atoms with E-state index in [1.54, 1.807) is 31.2 Å². The fourth-order valence-electron chi connectivity index (χ4n) is 3.70. The van der Waals surface area contributed by atoms with E-state index in [0.717, 1.165) is 51.7 Å². The Kier molecular flexibility index (Phi) is 23.1. The van der Waals surface area contributed by atoms with Crippen LogP contribution in [0.2, 0.25) is 0 Å². The smallest absolute Gasteiger partial charge is 0.251 e. The predicted octanol–water partition coefficient (Wildman–Crippen LogP) is 4.43. The number of benzene rings is 1. The fraction of sp³-hybridized carbons (Fsp3) is 0.667. The van der Waals surface area contributed by atoms with E-state index in [0.29, 0.717) is 30.5 Å². The largest absolute Gasteiger partial charge is 0.356 e. The third-order valence-corrected chi connectivity index (χ3v) is 6.05. The van der Waals surface area contributed by atoms with Gasteiger partial charge < -0.3 is 26.1 Å². The molecule has 1 aromatic carbocycles. The number of carbonyl (C=O) groups excluding carboxylic acids is 4. The van der Waals surface area contributed by atoms with Crippen molar-refractivity contribution in [2.45, 2.75) is 90.9 Å². The summed E-state index contributed by atoms with van der Waals surface area (Å²) < 4.78 is 0. The van der Waals surface area contributed by atoms with Crippen LogP contribution < -0.4 is 21.3 Å². The molecular formula is C30H52N4O4. The van der Waals surface area contributed by atoms with Gasteiger partial charge in [-0.25, -0.2) is 0 Å². The van der Waals surface area contributed by atoms with Gasteiger partial charge in [-0.2, -0.15) is 0 Å². The van der Waals surface area contributed by atoms with E-state index in [1.807, 2.05) is 14.1 Å². The zero-order chi connectivity index (χ0) is 28.4. The second-order valence-electron chi connectivity index (χ2n) is 9.68. The molecular weight excluding hydrogens is 480 g/mol. The number of amides is 2. The maximum absolute atomic E-state index is 11.9. The van der Waals surface area contributed by atoms with Crippen LogP contribution >= 0.6 is 0 Å². The predicted molar refractivity (Wildman–Crippen MR) is 156 cm³/mol. The van der Waals surface area contributed by atoms with Crippen LogP contribution in [0.5, 0.6) is 0 Å². The average molecular weight is 533 g/mol. The number of rotatable bonds is 21. The fourth-order valence-corrected chi connectivity index (χ4v) is 3.70. The van der Waals surface area contributed by atoms with Crippen LogP contribution in [-0.2, 0) is 9.59 Å². The molecule has 0 atom stereocenters. The Morgan fingerprint density at radius 2 is 1.00 bits per heavy atom. The number of Topliss-reactive ketones (excluding diaryl/α,β-unsaturated/α-hetero) is 2. The molecule has 0 fully saturated rings. The zero-order valence-corrected chi connectivity index (χ0v) is 24.3. The number of ketones is 2. The lowest BCUT2D eigenvalue weighted by molar-refractivity contribution is -0.121. The summed E-state index contributed by atoms with van der Waals surface area (Å²) >= 11 is 0. The van der Waals surface area contributed by atoms with Crippen molar-refractivity contribution in [3.8, 4) is 0 Å². The van der Waals surface area contributed by atoms with Crippen LogP contribution in [0.3, 0.4) is 0 Å². The SMILES string of the molecule is CNCCCCCCNC(=O)CCCCC(C)=O.CNCCCCCCNC(=O)c1ccc(C(C)=O)cc1. The first-order chi connectivity index (χ1) is 18.3. The number of unbranched alkanes of at least 4 members (excludes halogenated alkanes) is 7. The van der Waals surface area contributed by atoms with Gasteiger partial charge in [0.15, 0.2) is 5.78 Å². The average Bonchev–Trinajstić information content (AvgIpc) is 2.90. The van der Waals surface area contributed by atoms with Crippen molar-refractivity contribution in [1.29, 1.82) is 0 Å². The highest BCUT2D eigenvalue weighted by molar-refractivity contribution is 5.97. The molecule has 0 aromatic heterocycles. The molecule has 8 heteroatoms. The summed E-state index contributed by atoms with van der Waals surface area (Å²) in [5, 5.41) is 12.1. The summed E-state index contributed by atoms with van der Waals surface area (Å²) in [6.07, 6.45) is 11.9. The molecule has 0 saturated heterocycles. The van der Waals surface area contributed by atoms with Gasteiger partial charge in [0.25, 0.3) is 5.91 Å². The lowest BCUT2D eigenvalue weighted by Gasteiger charge is -2.06. The highest BCUT2D eigenvalue weighted by Gasteiger charge is 2.06. The third kappa shape index (κ3) is 21.5. The Morgan fingerprint density at radius 3 is 1.47 bits per heavy atom. The summed E-state index contributed by atoms with van der Waals surface area (Å²) in [7, 11) is 3.92. The summed E-state index contributed by atoms with van der Waals surface area (Å²) in [5.41, 5.74) is 1.23. The molecule has 0 saturated carbocycles. The first-order valence-corrected chi connectivity index (χ1v) is 14.3. The van der Waals surface area contributed by atoms with Gasteiger partial charge in [0.1, 0.15) is 5.78 Å². The van der Waals surface area contributed by atoms with Crippen molar-refractivity contribution >= 4 is 23.4 Å². The summed E-state index contributed by atoms with van der Waals surface area (Å²) in [4.78, 5) is 45.1. The van der Waals surface area contributed by atoms with Crippen LogP contribution in [0.1, 0.15) is 112 Å². The van der Waals surface area contributed by atoms with Gasteiger partial charge in [-0.3, -0.25) is 14.4 Å². The third-order valence-electron chi connectivity index (χ3n) is 6.05. The number of carbonyl (C=O) groups is 4. The molecule has 2 amide bonds. The first kappa shape index (κ1) is 35.4. The standard InChI is InChI=1S/C16H24N2O2.C14H28N2O2/c1-13(19)14-7-9-15(10-8-14)16(20)18-12-6-4-3-5-11-17-2;1-13(17)9-5-6-10-14(18)16-12-8-4-3-7-11-15-2/h7-10,17H,3-6,11-12H2,1-2H3,(H,18,20);15H,3-12H2,1-2H3,(H,16,18). The minimum Gasteiger partial charge on any atom is -0.356 e. The zero-order valence-electron chi connectivity index (χ0n) is 24.3. The molecule has 0 aliphatic rings. The summed E-state index contributed by atoms with van der Waals surface area (Å²) in [6.45, 7) is 6.71. The lowest BCUT2D eigenvalue weighted by Crippen LogP contribution is -2.24. The van der Waals surface area contributed by atoms with E-state index in [1.165, 1.54) is 39.0 Å². The van der Waals surface area contributed by atoms with E-state index in [-0.39, 0.29) is 23.4 Å². The van der Waals surface area contributed by atoms with E-state index >= 15 is 0 Å². The van der Waals surface area contributed by atoms with Gasteiger partial charge in [-0.15, -0.1) is 0 Å². The minimum atomic E-state index is -0.0738. The van der Waals surface area contributed by atoms with Crippen molar-refractivity contribution in [2.24, 2.45) is 0 Å². The molecule has 38 heavy (non-hydrogen) atoms. The molecule has 0 spiro atoms. The van der Waals surface area contributed by atoms with Crippen LogP contribution in [0.25, 0.3) is 0 Å². The highest BCUT2D eigenvalue weighted by atomic mass is 16.2. The van der Waals surface area contributed by atoms with Crippen molar-refractivity contribution in [3.05, 3.63) is 35.4 Å². The van der Waals surface area contributed by atoms with Gasteiger partial charge in [0.05, 0.1) is 0 Å². The molecule has 216 valence electrons. The molecule has 1 rings (SSSR count). The molecule has 0 bridgehead atoms. The van der Waals surface area contributed by atoms with Gasteiger partial charge in [-0.05, 0) is 91.7 Å². The number of hydrogen-bond acceptors (Lipinski definition) is 6. The van der Waals surface area contributed by atoms with Crippen molar-refractivity contribution in [1.82, 2.24) is 21.3 Å². The van der Waals surface area contributed by atoms with Crippen LogP contribution in [0.15, 0.2) is 24.3 Å². The van der Waals surface area contributed by atoms with Gasteiger partial charge in [0, 0.05) is 37.1 Å². The number of hydrogen-bond donors (Lipinski definition) is 4. The topological polar surface area (TPSA) is 116 Å². The Morgan fingerprint density at radius 1 is 0.553 bits per heavy atom. The van der Waals surface area contributed by atoms with E-state index in [9.17, 15) is 19.2 Å². The minimum absolute atomic E-state index is 0.0125. The number of nitrogens with one attached hydrogen (secondary N) is 4. The second kappa shape index (κ2) is 24.7. The highest BCUT2D eigenvalue weighted by Crippen LogP contribution is 2.06. The quantitative estimate of drug-likeness (QED) is 0.137. The normalized spacial score (nSPS) is 10.3. The molecule has 0 aliphatic heterocycles. The van der Waals surface area contributed by atoms with E-state index in [4.69, 9.17) is 0 Å². The van der Waals surface area contributed by atoms with Gasteiger partial charge >= 0.3 is 0 Å². The maximum atomic E-state index is 11.9. The Balaban J connectivity index is 0.000000726. The molecule has 8 nitrogen and oxygen atoms in total. The summed E-state index contributed by atoms with van der Waals surface area (Å²) in [5.74, 6) is 0.264. The first-order valence-electron chi connectivity index (χ1n) is 14.3. The van der Waals surface area contributed by atoms with Crippen molar-refractivity contribution in [3.63, 3.8) is 0 Å². The van der Waals surface area contributed by atoms with E-state index < -0.39 is 0 Å². The van der Waals surface area contributed by atoms with Crippen LogP contribution in [0, 0.1) is 0 Å².